The van der Waals surface area contributed by atoms with Gasteiger partial charge in [-0.1, -0.05) is 19.1 Å². The van der Waals surface area contributed by atoms with Crippen molar-refractivity contribution < 1.29 is 9.53 Å². The molecule has 4 heteroatoms. The molecule has 1 unspecified atom stereocenters. The second-order valence-electron chi connectivity index (χ2n) is 4.91. The molecule has 19 heavy (non-hydrogen) atoms. The number of rotatable bonds is 5. The van der Waals surface area contributed by atoms with Crippen LogP contribution in [0.4, 0.5) is 0 Å². The third kappa shape index (κ3) is 3.47. The summed E-state index contributed by atoms with van der Waals surface area (Å²) in [6.45, 7) is 3.55. The highest BCUT2D eigenvalue weighted by Gasteiger charge is 2.27. The average Bonchev–Trinajstić information content (AvgIpc) is 2.93. The van der Waals surface area contributed by atoms with Crippen molar-refractivity contribution in [2.24, 2.45) is 5.73 Å². The molecule has 0 spiro atoms. The lowest BCUT2D eigenvalue weighted by Crippen LogP contribution is -2.42. The Hall–Kier alpha value is -1.55. The van der Waals surface area contributed by atoms with Gasteiger partial charge in [0.1, 0.15) is 5.75 Å². The van der Waals surface area contributed by atoms with Gasteiger partial charge >= 0.3 is 0 Å². The van der Waals surface area contributed by atoms with E-state index in [0.717, 1.165) is 31.6 Å². The van der Waals surface area contributed by atoms with Crippen molar-refractivity contribution >= 4 is 5.91 Å². The van der Waals surface area contributed by atoms with Crippen molar-refractivity contribution in [2.45, 2.75) is 32.2 Å². The molecule has 2 N–H and O–H groups in total. The van der Waals surface area contributed by atoms with Gasteiger partial charge in [-0.05, 0) is 37.0 Å². The van der Waals surface area contributed by atoms with Crippen LogP contribution in [0.2, 0.25) is 0 Å². The Morgan fingerprint density at radius 3 is 2.79 bits per heavy atom. The van der Waals surface area contributed by atoms with E-state index in [0.29, 0.717) is 6.54 Å². The van der Waals surface area contributed by atoms with Crippen LogP contribution in [0.3, 0.4) is 0 Å². The van der Waals surface area contributed by atoms with E-state index in [2.05, 4.69) is 6.92 Å². The molecular formula is C15H22N2O2. The molecule has 0 bridgehead atoms. The van der Waals surface area contributed by atoms with Gasteiger partial charge in [-0.25, -0.2) is 0 Å². The topological polar surface area (TPSA) is 55.6 Å². The minimum absolute atomic E-state index is 0.0347. The lowest BCUT2D eigenvalue weighted by Gasteiger charge is -2.23. The standard InChI is InChI=1S/C15H22N2O2/c1-2-12-5-7-14(8-6-12)19-11-15(18)17-9-3-4-13(17)10-16/h5-8,13H,2-4,9-11,16H2,1H3. The summed E-state index contributed by atoms with van der Waals surface area (Å²) in [6, 6.07) is 8.07. The molecular weight excluding hydrogens is 240 g/mol. The Bertz CT molecular complexity index is 417. The lowest BCUT2D eigenvalue weighted by molar-refractivity contribution is -0.134. The molecule has 4 nitrogen and oxygen atoms in total. The quantitative estimate of drug-likeness (QED) is 0.876. The molecule has 2 rings (SSSR count). The van der Waals surface area contributed by atoms with Crippen molar-refractivity contribution in [3.8, 4) is 5.75 Å². The molecule has 0 saturated carbocycles. The fraction of sp³-hybridized carbons (Fsp3) is 0.533. The highest BCUT2D eigenvalue weighted by Crippen LogP contribution is 2.17. The van der Waals surface area contributed by atoms with Crippen LogP contribution in [0.15, 0.2) is 24.3 Å². The molecule has 104 valence electrons. The first-order valence-electron chi connectivity index (χ1n) is 6.96. The van der Waals surface area contributed by atoms with E-state index < -0.39 is 0 Å². The monoisotopic (exact) mass is 262 g/mol. The predicted octanol–water partition coefficient (Wildman–Crippen LogP) is 1.58. The molecule has 1 aromatic carbocycles. The highest BCUT2D eigenvalue weighted by molar-refractivity contribution is 5.78. The van der Waals surface area contributed by atoms with Crippen molar-refractivity contribution in [3.63, 3.8) is 0 Å². The molecule has 1 aliphatic heterocycles. The van der Waals surface area contributed by atoms with Crippen LogP contribution in [0.25, 0.3) is 0 Å². The Morgan fingerprint density at radius 2 is 2.16 bits per heavy atom. The molecule has 0 aromatic heterocycles. The van der Waals surface area contributed by atoms with Gasteiger partial charge < -0.3 is 15.4 Å². The van der Waals surface area contributed by atoms with Crippen LogP contribution in [0.1, 0.15) is 25.3 Å². The SMILES string of the molecule is CCc1ccc(OCC(=O)N2CCCC2CN)cc1. The second-order valence-corrected chi connectivity index (χ2v) is 4.91. The predicted molar refractivity (Wildman–Crippen MR) is 75.1 cm³/mol. The zero-order chi connectivity index (χ0) is 13.7. The number of nitrogens with two attached hydrogens (primary N) is 1. The van der Waals surface area contributed by atoms with Crippen molar-refractivity contribution in [1.29, 1.82) is 0 Å². The summed E-state index contributed by atoms with van der Waals surface area (Å²) in [5, 5.41) is 0. The summed E-state index contributed by atoms with van der Waals surface area (Å²) in [5.74, 6) is 0.779. The van der Waals surface area contributed by atoms with E-state index in [-0.39, 0.29) is 18.6 Å². The van der Waals surface area contributed by atoms with Crippen molar-refractivity contribution in [1.82, 2.24) is 4.90 Å². The number of amides is 1. The Kier molecular flexibility index (Phi) is 4.80. The first-order valence-corrected chi connectivity index (χ1v) is 6.96. The number of nitrogens with zero attached hydrogens (tertiary/aromatic N) is 1. The summed E-state index contributed by atoms with van der Waals surface area (Å²) < 4.78 is 5.54. The van der Waals surface area contributed by atoms with Gasteiger partial charge in [0, 0.05) is 19.1 Å². The van der Waals surface area contributed by atoms with Gasteiger partial charge in [-0.15, -0.1) is 0 Å². The maximum absolute atomic E-state index is 12.1. The Morgan fingerprint density at radius 1 is 1.42 bits per heavy atom. The highest BCUT2D eigenvalue weighted by atomic mass is 16.5. The first-order chi connectivity index (χ1) is 9.24. The number of likely N-dealkylation sites (tertiary alicyclic amines) is 1. The van der Waals surface area contributed by atoms with E-state index in [4.69, 9.17) is 10.5 Å². The molecule has 1 atom stereocenters. The minimum Gasteiger partial charge on any atom is -0.484 e. The third-order valence-corrected chi connectivity index (χ3v) is 3.66. The van der Waals surface area contributed by atoms with E-state index >= 15 is 0 Å². The fourth-order valence-electron chi connectivity index (χ4n) is 2.46. The minimum atomic E-state index is 0.0347. The zero-order valence-corrected chi connectivity index (χ0v) is 11.5. The number of carbonyl (C=O) groups excluding carboxylic acids is 1. The lowest BCUT2D eigenvalue weighted by atomic mass is 10.2. The number of ether oxygens (including phenoxy) is 1. The summed E-state index contributed by atoms with van der Waals surface area (Å²) in [5.41, 5.74) is 6.93. The van der Waals surface area contributed by atoms with Gasteiger partial charge in [0.05, 0.1) is 0 Å². The number of carbonyl (C=O) groups is 1. The van der Waals surface area contributed by atoms with E-state index in [1.807, 2.05) is 29.2 Å². The van der Waals surface area contributed by atoms with Crippen LogP contribution in [0, 0.1) is 0 Å². The normalized spacial score (nSPS) is 18.6. The van der Waals surface area contributed by atoms with Crippen LogP contribution >= 0.6 is 0 Å². The van der Waals surface area contributed by atoms with Crippen LogP contribution < -0.4 is 10.5 Å². The molecule has 0 aliphatic carbocycles. The summed E-state index contributed by atoms with van der Waals surface area (Å²) >= 11 is 0. The van der Waals surface area contributed by atoms with Gasteiger partial charge in [-0.3, -0.25) is 4.79 Å². The number of benzene rings is 1. The molecule has 1 heterocycles. The van der Waals surface area contributed by atoms with E-state index in [9.17, 15) is 4.79 Å². The first kappa shape index (κ1) is 13.9. The fourth-order valence-corrected chi connectivity index (χ4v) is 2.46. The zero-order valence-electron chi connectivity index (χ0n) is 11.5. The van der Waals surface area contributed by atoms with E-state index in [1.54, 1.807) is 0 Å². The Balaban J connectivity index is 1.85. The molecule has 1 aromatic rings. The second kappa shape index (κ2) is 6.57. The number of aryl methyl sites for hydroxylation is 1. The van der Waals surface area contributed by atoms with E-state index in [1.165, 1.54) is 5.56 Å². The number of hydrogen-bond donors (Lipinski definition) is 1. The van der Waals surface area contributed by atoms with Gasteiger partial charge in [0.15, 0.2) is 6.61 Å². The molecule has 1 fully saturated rings. The third-order valence-electron chi connectivity index (χ3n) is 3.66. The van der Waals surface area contributed by atoms with Crippen molar-refractivity contribution in [2.75, 3.05) is 19.7 Å². The summed E-state index contributed by atoms with van der Waals surface area (Å²) in [6.07, 6.45) is 3.05. The van der Waals surface area contributed by atoms with Gasteiger partial charge in [0.2, 0.25) is 0 Å². The Labute approximate surface area is 114 Å². The smallest absolute Gasteiger partial charge is 0.260 e. The average molecular weight is 262 g/mol. The van der Waals surface area contributed by atoms with Crippen LogP contribution in [0.5, 0.6) is 5.75 Å². The molecule has 1 saturated heterocycles. The molecule has 1 aliphatic rings. The van der Waals surface area contributed by atoms with Crippen LogP contribution in [-0.4, -0.2) is 36.5 Å². The van der Waals surface area contributed by atoms with Gasteiger partial charge in [0.25, 0.3) is 5.91 Å². The molecule has 0 radical (unpaired) electrons. The largest absolute Gasteiger partial charge is 0.484 e. The maximum Gasteiger partial charge on any atom is 0.260 e. The summed E-state index contributed by atoms with van der Waals surface area (Å²) in [7, 11) is 0. The van der Waals surface area contributed by atoms with Crippen LogP contribution in [-0.2, 0) is 11.2 Å². The van der Waals surface area contributed by atoms with Gasteiger partial charge in [-0.2, -0.15) is 0 Å². The number of hydrogen-bond acceptors (Lipinski definition) is 3. The summed E-state index contributed by atoms with van der Waals surface area (Å²) in [4.78, 5) is 13.9. The maximum atomic E-state index is 12.1. The van der Waals surface area contributed by atoms with Crippen molar-refractivity contribution in [3.05, 3.63) is 29.8 Å². The molecule has 1 amide bonds.